The van der Waals surface area contributed by atoms with E-state index in [4.69, 9.17) is 9.47 Å². The van der Waals surface area contributed by atoms with Crippen LogP contribution in [0.1, 0.15) is 22.6 Å². The van der Waals surface area contributed by atoms with Gasteiger partial charge >= 0.3 is 0 Å². The van der Waals surface area contributed by atoms with Crippen LogP contribution in [-0.2, 0) is 6.61 Å². The van der Waals surface area contributed by atoms with Crippen LogP contribution in [0.2, 0.25) is 0 Å². The van der Waals surface area contributed by atoms with Crippen LogP contribution in [0, 0.1) is 0 Å². The average Bonchev–Trinajstić information content (AvgIpc) is 2.85. The number of hydrogen-bond acceptors (Lipinski definition) is 3. The molecule has 0 saturated heterocycles. The predicted molar refractivity (Wildman–Crippen MR) is 125 cm³/mol. The molecule has 0 radical (unpaired) electrons. The van der Waals surface area contributed by atoms with E-state index in [9.17, 15) is 5.11 Å². The summed E-state index contributed by atoms with van der Waals surface area (Å²) >= 11 is 0. The van der Waals surface area contributed by atoms with Crippen LogP contribution >= 0.6 is 0 Å². The topological polar surface area (TPSA) is 38.7 Å². The number of rotatable bonds is 8. The van der Waals surface area contributed by atoms with Crippen molar-refractivity contribution in [3.05, 3.63) is 120 Å². The number of para-hydroxylation sites is 2. The molecule has 0 bridgehead atoms. The van der Waals surface area contributed by atoms with Crippen LogP contribution in [0.25, 0.3) is 11.1 Å². The average molecular weight is 411 g/mol. The maximum atomic E-state index is 10.3. The molecule has 3 heteroatoms. The molecule has 4 aromatic carbocycles. The zero-order valence-electron chi connectivity index (χ0n) is 17.6. The second kappa shape index (κ2) is 9.96. The molecule has 0 heterocycles. The number of ether oxygens (including phenoxy) is 2. The smallest absolute Gasteiger partial charge is 0.131 e. The summed E-state index contributed by atoms with van der Waals surface area (Å²) in [4.78, 5) is 0. The van der Waals surface area contributed by atoms with Crippen LogP contribution in [0.4, 0.5) is 0 Å². The van der Waals surface area contributed by atoms with Gasteiger partial charge in [-0.3, -0.25) is 0 Å². The van der Waals surface area contributed by atoms with E-state index in [1.54, 1.807) is 7.11 Å². The summed E-state index contributed by atoms with van der Waals surface area (Å²) in [6.07, 6.45) is 0. The van der Waals surface area contributed by atoms with E-state index in [1.807, 2.05) is 103 Å². The highest BCUT2D eigenvalue weighted by molar-refractivity contribution is 5.77. The molecular formula is C28H26O3. The van der Waals surface area contributed by atoms with Gasteiger partial charge in [-0.05, 0) is 17.2 Å². The van der Waals surface area contributed by atoms with E-state index in [0.717, 1.165) is 39.3 Å². The van der Waals surface area contributed by atoms with Gasteiger partial charge in [0.25, 0.3) is 0 Å². The van der Waals surface area contributed by atoms with Gasteiger partial charge in [-0.1, -0.05) is 97.1 Å². The van der Waals surface area contributed by atoms with E-state index in [2.05, 4.69) is 0 Å². The summed E-state index contributed by atoms with van der Waals surface area (Å²) < 4.78 is 12.1. The SMILES string of the molecule is COc1ccccc1-c1cccc(C(CO)c2ccccc2)c1OCc1ccccc1. The van der Waals surface area contributed by atoms with Crippen molar-refractivity contribution in [2.75, 3.05) is 13.7 Å². The normalized spacial score (nSPS) is 11.7. The summed E-state index contributed by atoms with van der Waals surface area (Å²) in [6.45, 7) is 0.425. The lowest BCUT2D eigenvalue weighted by atomic mass is 9.88. The lowest BCUT2D eigenvalue weighted by Gasteiger charge is -2.23. The largest absolute Gasteiger partial charge is 0.496 e. The summed E-state index contributed by atoms with van der Waals surface area (Å²) in [5.74, 6) is 1.35. The molecule has 4 aromatic rings. The Balaban J connectivity index is 1.84. The molecular weight excluding hydrogens is 384 g/mol. The maximum Gasteiger partial charge on any atom is 0.131 e. The van der Waals surface area contributed by atoms with Gasteiger partial charge in [-0.25, -0.2) is 0 Å². The zero-order valence-corrected chi connectivity index (χ0v) is 17.6. The molecule has 1 unspecified atom stereocenters. The van der Waals surface area contributed by atoms with Crippen LogP contribution in [0.3, 0.4) is 0 Å². The van der Waals surface area contributed by atoms with Crippen molar-refractivity contribution in [2.45, 2.75) is 12.5 Å². The van der Waals surface area contributed by atoms with E-state index in [-0.39, 0.29) is 12.5 Å². The number of benzene rings is 4. The highest BCUT2D eigenvalue weighted by Gasteiger charge is 2.22. The van der Waals surface area contributed by atoms with E-state index in [0.29, 0.717) is 6.61 Å². The highest BCUT2D eigenvalue weighted by Crippen LogP contribution is 2.42. The molecule has 1 atom stereocenters. The Kier molecular flexibility index (Phi) is 6.65. The van der Waals surface area contributed by atoms with Gasteiger partial charge in [0, 0.05) is 22.6 Å². The molecule has 4 rings (SSSR count). The molecule has 156 valence electrons. The van der Waals surface area contributed by atoms with Crippen molar-refractivity contribution in [3.8, 4) is 22.6 Å². The third kappa shape index (κ3) is 4.62. The molecule has 31 heavy (non-hydrogen) atoms. The van der Waals surface area contributed by atoms with Crippen LogP contribution < -0.4 is 9.47 Å². The van der Waals surface area contributed by atoms with Gasteiger partial charge in [-0.2, -0.15) is 0 Å². The molecule has 1 N–H and O–H groups in total. The molecule has 0 aromatic heterocycles. The maximum absolute atomic E-state index is 10.3. The lowest BCUT2D eigenvalue weighted by molar-refractivity contribution is 0.269. The summed E-state index contributed by atoms with van der Waals surface area (Å²) in [5.41, 5.74) is 4.99. The first-order chi connectivity index (χ1) is 15.3. The monoisotopic (exact) mass is 410 g/mol. The Labute approximate surface area is 183 Å². The van der Waals surface area contributed by atoms with Gasteiger partial charge in [0.2, 0.25) is 0 Å². The molecule has 0 aliphatic carbocycles. The standard InChI is InChI=1S/C28H26O3/c1-30-27-18-9-8-15-23(27)24-16-10-17-25(26(19-29)22-13-6-3-7-14-22)28(24)31-20-21-11-4-2-5-12-21/h2-18,26,29H,19-20H2,1H3. The first-order valence-corrected chi connectivity index (χ1v) is 10.4. The summed E-state index contributed by atoms with van der Waals surface area (Å²) in [6, 6.07) is 34.2. The van der Waals surface area contributed by atoms with Crippen molar-refractivity contribution in [1.29, 1.82) is 0 Å². The van der Waals surface area contributed by atoms with Crippen molar-refractivity contribution >= 4 is 0 Å². The highest BCUT2D eigenvalue weighted by atomic mass is 16.5. The Morgan fingerprint density at radius 3 is 2.06 bits per heavy atom. The lowest BCUT2D eigenvalue weighted by Crippen LogP contribution is -2.10. The second-order valence-electron chi connectivity index (χ2n) is 7.34. The van der Waals surface area contributed by atoms with Gasteiger partial charge in [0.1, 0.15) is 18.1 Å². The van der Waals surface area contributed by atoms with Gasteiger partial charge in [0.05, 0.1) is 13.7 Å². The molecule has 0 fully saturated rings. The van der Waals surface area contributed by atoms with E-state index in [1.165, 1.54) is 0 Å². The zero-order chi connectivity index (χ0) is 21.5. The van der Waals surface area contributed by atoms with Gasteiger partial charge in [-0.15, -0.1) is 0 Å². The molecule has 0 saturated carbocycles. The minimum atomic E-state index is -0.193. The fourth-order valence-electron chi connectivity index (χ4n) is 3.87. The molecule has 0 amide bonds. The van der Waals surface area contributed by atoms with Crippen LogP contribution in [-0.4, -0.2) is 18.8 Å². The predicted octanol–water partition coefficient (Wildman–Crippen LogP) is 6.07. The molecule has 0 aliphatic rings. The Hall–Kier alpha value is -3.56. The van der Waals surface area contributed by atoms with Crippen molar-refractivity contribution < 1.29 is 14.6 Å². The fraction of sp³-hybridized carbons (Fsp3) is 0.143. The van der Waals surface area contributed by atoms with E-state index >= 15 is 0 Å². The molecule has 0 aliphatic heterocycles. The van der Waals surface area contributed by atoms with Crippen molar-refractivity contribution in [3.63, 3.8) is 0 Å². The minimum Gasteiger partial charge on any atom is -0.496 e. The Bertz CT molecular complexity index is 1110. The quantitative estimate of drug-likeness (QED) is 0.383. The summed E-state index contributed by atoms with van der Waals surface area (Å²) in [7, 11) is 1.67. The Morgan fingerprint density at radius 1 is 0.710 bits per heavy atom. The number of aliphatic hydroxyl groups is 1. The third-order valence-corrected chi connectivity index (χ3v) is 5.43. The first-order valence-electron chi connectivity index (χ1n) is 10.4. The fourth-order valence-corrected chi connectivity index (χ4v) is 3.87. The van der Waals surface area contributed by atoms with Crippen LogP contribution in [0.15, 0.2) is 103 Å². The minimum absolute atomic E-state index is 0.0128. The molecule has 3 nitrogen and oxygen atoms in total. The number of hydrogen-bond donors (Lipinski definition) is 1. The van der Waals surface area contributed by atoms with Gasteiger partial charge in [0.15, 0.2) is 0 Å². The number of aliphatic hydroxyl groups excluding tert-OH is 1. The third-order valence-electron chi connectivity index (χ3n) is 5.43. The Morgan fingerprint density at radius 2 is 1.35 bits per heavy atom. The van der Waals surface area contributed by atoms with Crippen molar-refractivity contribution in [2.24, 2.45) is 0 Å². The van der Waals surface area contributed by atoms with E-state index < -0.39 is 0 Å². The number of methoxy groups -OCH3 is 1. The van der Waals surface area contributed by atoms with Crippen molar-refractivity contribution in [1.82, 2.24) is 0 Å². The van der Waals surface area contributed by atoms with Crippen LogP contribution in [0.5, 0.6) is 11.5 Å². The molecule has 0 spiro atoms. The van der Waals surface area contributed by atoms with Gasteiger partial charge < -0.3 is 14.6 Å². The summed E-state index contributed by atoms with van der Waals surface area (Å²) in [5, 5.41) is 10.3. The second-order valence-corrected chi connectivity index (χ2v) is 7.34. The first kappa shape index (κ1) is 20.7.